The minimum absolute atomic E-state index is 0.455. The molecular formula is C16H17N3O2. The van der Waals surface area contributed by atoms with Crippen LogP contribution in [0.4, 0.5) is 0 Å². The zero-order valence-electron chi connectivity index (χ0n) is 12.0. The van der Waals surface area contributed by atoms with E-state index >= 15 is 0 Å². The zero-order valence-corrected chi connectivity index (χ0v) is 12.0. The van der Waals surface area contributed by atoms with E-state index < -0.39 is 0 Å². The number of fused-ring (bicyclic) bond motifs is 1. The van der Waals surface area contributed by atoms with Crippen molar-refractivity contribution in [2.24, 2.45) is 5.73 Å². The lowest BCUT2D eigenvalue weighted by molar-refractivity contribution is 0.356. The zero-order chi connectivity index (χ0) is 14.8. The second-order valence-electron chi connectivity index (χ2n) is 4.64. The van der Waals surface area contributed by atoms with Crippen LogP contribution in [0.5, 0.6) is 11.5 Å². The summed E-state index contributed by atoms with van der Waals surface area (Å²) in [5.74, 6) is 2.07. The van der Waals surface area contributed by atoms with Crippen LogP contribution in [0.3, 0.4) is 0 Å². The van der Waals surface area contributed by atoms with Crippen molar-refractivity contribution in [1.82, 2.24) is 9.97 Å². The van der Waals surface area contributed by atoms with Crippen molar-refractivity contribution in [2.75, 3.05) is 14.2 Å². The molecular weight excluding hydrogens is 266 g/mol. The number of nitrogens with two attached hydrogens (primary N) is 1. The molecule has 0 aliphatic heterocycles. The highest BCUT2D eigenvalue weighted by molar-refractivity contribution is 5.84. The summed E-state index contributed by atoms with van der Waals surface area (Å²) in [5.41, 5.74) is 9.48. The van der Waals surface area contributed by atoms with Crippen LogP contribution in [0, 0.1) is 0 Å². The van der Waals surface area contributed by atoms with Crippen LogP contribution in [0.25, 0.3) is 22.4 Å². The molecule has 108 valence electrons. The highest BCUT2D eigenvalue weighted by Crippen LogP contribution is 2.37. The fourth-order valence-electron chi connectivity index (χ4n) is 2.46. The Balaban J connectivity index is 2.21. The molecule has 0 atom stereocenters. The maximum atomic E-state index is 5.77. The quantitative estimate of drug-likeness (QED) is 0.772. The minimum Gasteiger partial charge on any atom is -0.493 e. The molecule has 0 saturated carbocycles. The number of nitrogens with one attached hydrogen (secondary N) is 1. The van der Waals surface area contributed by atoms with Crippen molar-refractivity contribution in [3.05, 3.63) is 42.0 Å². The number of aromatic nitrogens is 2. The second kappa shape index (κ2) is 5.46. The predicted octanol–water partition coefficient (Wildman–Crippen LogP) is 2.71. The van der Waals surface area contributed by atoms with Crippen LogP contribution < -0.4 is 15.2 Å². The Bertz CT molecular complexity index is 780. The van der Waals surface area contributed by atoms with Crippen LogP contribution in [-0.4, -0.2) is 24.2 Å². The lowest BCUT2D eigenvalue weighted by Crippen LogP contribution is -1.96. The number of rotatable bonds is 4. The van der Waals surface area contributed by atoms with E-state index in [-0.39, 0.29) is 0 Å². The van der Waals surface area contributed by atoms with E-state index in [9.17, 15) is 0 Å². The van der Waals surface area contributed by atoms with Crippen molar-refractivity contribution in [3.63, 3.8) is 0 Å². The fourth-order valence-corrected chi connectivity index (χ4v) is 2.46. The molecule has 0 aliphatic carbocycles. The van der Waals surface area contributed by atoms with E-state index in [0.29, 0.717) is 18.0 Å². The van der Waals surface area contributed by atoms with E-state index in [4.69, 9.17) is 15.2 Å². The van der Waals surface area contributed by atoms with Crippen LogP contribution in [0.15, 0.2) is 36.4 Å². The molecule has 0 spiro atoms. The second-order valence-corrected chi connectivity index (χ2v) is 4.64. The van der Waals surface area contributed by atoms with Gasteiger partial charge >= 0.3 is 0 Å². The van der Waals surface area contributed by atoms with Gasteiger partial charge in [-0.15, -0.1) is 0 Å². The van der Waals surface area contributed by atoms with E-state index in [1.54, 1.807) is 14.2 Å². The largest absolute Gasteiger partial charge is 0.493 e. The maximum Gasteiger partial charge on any atom is 0.171 e. The molecule has 5 nitrogen and oxygen atoms in total. The molecule has 1 heterocycles. The highest BCUT2D eigenvalue weighted by Gasteiger charge is 2.15. The summed E-state index contributed by atoms with van der Waals surface area (Å²) in [6.07, 6.45) is 0. The van der Waals surface area contributed by atoms with E-state index in [1.807, 2.05) is 36.4 Å². The normalized spacial score (nSPS) is 10.8. The molecule has 21 heavy (non-hydrogen) atoms. The van der Waals surface area contributed by atoms with Gasteiger partial charge in [0.15, 0.2) is 11.5 Å². The molecule has 0 bridgehead atoms. The molecule has 0 saturated heterocycles. The van der Waals surface area contributed by atoms with Crippen LogP contribution >= 0.6 is 0 Å². The highest BCUT2D eigenvalue weighted by atomic mass is 16.5. The van der Waals surface area contributed by atoms with Crippen molar-refractivity contribution in [1.29, 1.82) is 0 Å². The number of methoxy groups -OCH3 is 2. The molecule has 1 aromatic heterocycles. The van der Waals surface area contributed by atoms with Crippen LogP contribution in [-0.2, 0) is 6.54 Å². The first kappa shape index (κ1) is 13.5. The van der Waals surface area contributed by atoms with Gasteiger partial charge in [0.05, 0.1) is 30.8 Å². The van der Waals surface area contributed by atoms with Gasteiger partial charge in [0.2, 0.25) is 0 Å². The molecule has 0 fully saturated rings. The smallest absolute Gasteiger partial charge is 0.171 e. The van der Waals surface area contributed by atoms with Gasteiger partial charge in [-0.05, 0) is 23.8 Å². The topological polar surface area (TPSA) is 73.2 Å². The number of nitrogens with zero attached hydrogens (tertiary/aromatic N) is 1. The number of ether oxygens (including phenoxy) is 2. The van der Waals surface area contributed by atoms with Crippen molar-refractivity contribution >= 4 is 11.0 Å². The Morgan fingerprint density at radius 3 is 2.62 bits per heavy atom. The molecule has 0 unspecified atom stereocenters. The van der Waals surface area contributed by atoms with Gasteiger partial charge in [-0.1, -0.05) is 18.2 Å². The van der Waals surface area contributed by atoms with Crippen molar-refractivity contribution in [3.8, 4) is 22.9 Å². The number of aromatic amines is 1. The Hall–Kier alpha value is -2.53. The lowest BCUT2D eigenvalue weighted by Gasteiger charge is -2.10. The number of hydrogen-bond donors (Lipinski definition) is 2. The maximum absolute atomic E-state index is 5.77. The van der Waals surface area contributed by atoms with Gasteiger partial charge in [-0.3, -0.25) is 0 Å². The van der Waals surface area contributed by atoms with Crippen molar-refractivity contribution < 1.29 is 9.47 Å². The molecule has 3 aromatic rings. The first-order valence-corrected chi connectivity index (χ1v) is 6.67. The molecule has 0 aliphatic rings. The summed E-state index contributed by atoms with van der Waals surface area (Å²) in [4.78, 5) is 7.98. The minimum atomic E-state index is 0.455. The van der Waals surface area contributed by atoms with Gasteiger partial charge in [-0.2, -0.15) is 0 Å². The van der Waals surface area contributed by atoms with Crippen molar-refractivity contribution in [2.45, 2.75) is 6.54 Å². The molecule has 3 N–H and O–H groups in total. The summed E-state index contributed by atoms with van der Waals surface area (Å²) in [6, 6.07) is 11.6. The first-order valence-electron chi connectivity index (χ1n) is 6.67. The number of imidazole rings is 1. The van der Waals surface area contributed by atoms with Crippen LogP contribution in [0.2, 0.25) is 0 Å². The van der Waals surface area contributed by atoms with Gasteiger partial charge in [0.1, 0.15) is 5.82 Å². The summed E-state index contributed by atoms with van der Waals surface area (Å²) < 4.78 is 10.8. The lowest BCUT2D eigenvalue weighted by atomic mass is 10.1. The molecule has 0 radical (unpaired) electrons. The monoisotopic (exact) mass is 283 g/mol. The van der Waals surface area contributed by atoms with Gasteiger partial charge < -0.3 is 20.2 Å². The average molecular weight is 283 g/mol. The van der Waals surface area contributed by atoms with Gasteiger partial charge in [0.25, 0.3) is 0 Å². The third kappa shape index (κ3) is 2.21. The number of hydrogen-bond acceptors (Lipinski definition) is 4. The van der Waals surface area contributed by atoms with E-state index in [0.717, 1.165) is 28.0 Å². The van der Waals surface area contributed by atoms with E-state index in [1.165, 1.54) is 0 Å². The Kier molecular flexibility index (Phi) is 3.50. The summed E-state index contributed by atoms with van der Waals surface area (Å²) in [6.45, 7) is 0.455. The molecule has 0 amide bonds. The number of H-pyrrole nitrogens is 1. The summed E-state index contributed by atoms with van der Waals surface area (Å²) in [7, 11) is 3.24. The SMILES string of the molecule is COc1cccc(-c2nc3c(CN)cccc3[nH]2)c1OC. The number of benzene rings is 2. The van der Waals surface area contributed by atoms with Crippen LogP contribution in [0.1, 0.15) is 5.56 Å². The van der Waals surface area contributed by atoms with Gasteiger partial charge in [0, 0.05) is 6.54 Å². The fraction of sp³-hybridized carbons (Fsp3) is 0.188. The Morgan fingerprint density at radius 2 is 1.90 bits per heavy atom. The predicted molar refractivity (Wildman–Crippen MR) is 82.5 cm³/mol. The third-order valence-electron chi connectivity index (χ3n) is 3.47. The van der Waals surface area contributed by atoms with Gasteiger partial charge in [-0.25, -0.2) is 4.98 Å². The Labute approximate surface area is 122 Å². The first-order chi connectivity index (χ1) is 10.3. The third-order valence-corrected chi connectivity index (χ3v) is 3.47. The average Bonchev–Trinajstić information content (AvgIpc) is 2.97. The molecule has 3 rings (SSSR count). The molecule has 5 heteroatoms. The summed E-state index contributed by atoms with van der Waals surface area (Å²) in [5, 5.41) is 0. The Morgan fingerprint density at radius 1 is 1.10 bits per heavy atom. The summed E-state index contributed by atoms with van der Waals surface area (Å²) >= 11 is 0. The molecule has 2 aromatic carbocycles. The standard InChI is InChI=1S/C16H17N3O2/c1-20-13-8-4-6-11(15(13)21-2)16-18-12-7-3-5-10(9-17)14(12)19-16/h3-8H,9,17H2,1-2H3,(H,18,19). The number of para-hydroxylation sites is 2. The van der Waals surface area contributed by atoms with E-state index in [2.05, 4.69) is 9.97 Å².